The number of sulfone groups is 1. The molecule has 2 heterocycles. The van der Waals surface area contributed by atoms with Crippen molar-refractivity contribution < 1.29 is 35.2 Å². The van der Waals surface area contributed by atoms with E-state index < -0.39 is 27.7 Å². The first-order valence-electron chi connectivity index (χ1n) is 11.6. The second kappa shape index (κ2) is 8.91. The van der Waals surface area contributed by atoms with E-state index in [-0.39, 0.29) is 34.6 Å². The summed E-state index contributed by atoms with van der Waals surface area (Å²) < 4.78 is 85.7. The summed E-state index contributed by atoms with van der Waals surface area (Å²) in [6, 6.07) is 4.44. The third-order valence-corrected chi connectivity index (χ3v) is 8.27. The second-order valence-electron chi connectivity index (χ2n) is 9.55. The summed E-state index contributed by atoms with van der Waals surface area (Å²) in [5.74, 6) is -1.69. The first kappa shape index (κ1) is 24.3. The number of halogens is 4. The van der Waals surface area contributed by atoms with Gasteiger partial charge in [0.05, 0.1) is 11.5 Å². The Labute approximate surface area is 200 Å². The van der Waals surface area contributed by atoms with Crippen molar-refractivity contribution in [3.8, 4) is 5.75 Å². The summed E-state index contributed by atoms with van der Waals surface area (Å²) in [4.78, 5) is 7.71. The molecule has 0 amide bonds. The van der Waals surface area contributed by atoms with Crippen molar-refractivity contribution >= 4 is 15.8 Å². The zero-order valence-corrected chi connectivity index (χ0v) is 19.9. The SMILES string of the molecule is CS(=O)(=O)c1ccc(OC[C@H]2CC[C@H](N3CCN(c4noc(C(F)(F)F)n4)C4C[C@H]43)CC2)c(F)c1. The van der Waals surface area contributed by atoms with Gasteiger partial charge in [0, 0.05) is 37.5 Å². The summed E-state index contributed by atoms with van der Waals surface area (Å²) >= 11 is 0. The molecule has 3 fully saturated rings. The topological polar surface area (TPSA) is 88.8 Å². The molecule has 192 valence electrons. The highest BCUT2D eigenvalue weighted by Crippen LogP contribution is 2.43. The van der Waals surface area contributed by atoms with Crippen LogP contribution in [0.25, 0.3) is 0 Å². The molecule has 1 unspecified atom stereocenters. The number of hydrogen-bond donors (Lipinski definition) is 0. The Balaban J connectivity index is 1.10. The van der Waals surface area contributed by atoms with E-state index in [1.165, 1.54) is 12.1 Å². The zero-order chi connectivity index (χ0) is 25.0. The molecule has 0 N–H and O–H groups in total. The van der Waals surface area contributed by atoms with Gasteiger partial charge >= 0.3 is 12.1 Å². The van der Waals surface area contributed by atoms with Crippen LogP contribution in [0.15, 0.2) is 27.6 Å². The first-order valence-corrected chi connectivity index (χ1v) is 13.5. The van der Waals surface area contributed by atoms with Crippen molar-refractivity contribution in [2.45, 2.75) is 61.3 Å². The molecule has 1 aliphatic heterocycles. The van der Waals surface area contributed by atoms with Crippen LogP contribution in [0.1, 0.15) is 38.0 Å². The van der Waals surface area contributed by atoms with Crippen LogP contribution in [-0.2, 0) is 16.0 Å². The number of nitrogens with zero attached hydrogens (tertiary/aromatic N) is 4. The van der Waals surface area contributed by atoms with Gasteiger partial charge in [-0.25, -0.2) is 12.8 Å². The normalized spacial score (nSPS) is 27.5. The molecule has 3 aliphatic rings. The highest BCUT2D eigenvalue weighted by molar-refractivity contribution is 7.90. The number of ether oxygens (including phenoxy) is 1. The fourth-order valence-electron chi connectivity index (χ4n) is 5.24. The zero-order valence-electron chi connectivity index (χ0n) is 19.0. The van der Waals surface area contributed by atoms with E-state index in [1.807, 2.05) is 4.90 Å². The minimum absolute atomic E-state index is 0.00197. The van der Waals surface area contributed by atoms with Gasteiger partial charge < -0.3 is 14.2 Å². The van der Waals surface area contributed by atoms with Crippen LogP contribution in [0.5, 0.6) is 5.75 Å². The molecule has 1 saturated heterocycles. The number of rotatable bonds is 6. The first-order chi connectivity index (χ1) is 16.5. The summed E-state index contributed by atoms with van der Waals surface area (Å²) in [6.45, 7) is 1.63. The van der Waals surface area contributed by atoms with Crippen LogP contribution in [0.3, 0.4) is 0 Å². The fraction of sp³-hybridized carbons (Fsp3) is 0.636. The number of hydrogen-bond acceptors (Lipinski definition) is 8. The molecule has 5 rings (SSSR count). The summed E-state index contributed by atoms with van der Waals surface area (Å²) in [7, 11) is -3.48. The fourth-order valence-corrected chi connectivity index (χ4v) is 5.88. The largest absolute Gasteiger partial charge is 0.490 e. The van der Waals surface area contributed by atoms with Crippen LogP contribution >= 0.6 is 0 Å². The highest BCUT2D eigenvalue weighted by atomic mass is 32.2. The Morgan fingerprint density at radius 2 is 1.89 bits per heavy atom. The van der Waals surface area contributed by atoms with Gasteiger partial charge in [0.15, 0.2) is 21.4 Å². The summed E-state index contributed by atoms with van der Waals surface area (Å²) in [6.07, 6.45) is 1.02. The number of aromatic nitrogens is 2. The highest BCUT2D eigenvalue weighted by Gasteiger charge is 2.52. The Morgan fingerprint density at radius 1 is 1.14 bits per heavy atom. The van der Waals surface area contributed by atoms with E-state index in [2.05, 4.69) is 19.6 Å². The van der Waals surface area contributed by atoms with E-state index in [1.54, 1.807) is 0 Å². The Bertz CT molecular complexity index is 1180. The molecular formula is C22H26F4N4O4S. The lowest BCUT2D eigenvalue weighted by Gasteiger charge is -2.41. The Kier molecular flexibility index (Phi) is 6.19. The van der Waals surface area contributed by atoms with Gasteiger partial charge in [-0.05, 0) is 61.4 Å². The van der Waals surface area contributed by atoms with Gasteiger partial charge in [-0.2, -0.15) is 18.2 Å². The van der Waals surface area contributed by atoms with Gasteiger partial charge in [-0.3, -0.25) is 4.90 Å². The molecule has 0 radical (unpaired) electrons. The molecule has 0 spiro atoms. The maximum absolute atomic E-state index is 14.2. The molecule has 2 atom stereocenters. The Morgan fingerprint density at radius 3 is 2.51 bits per heavy atom. The number of anilines is 1. The lowest BCUT2D eigenvalue weighted by Crippen LogP contribution is -2.51. The molecule has 2 aromatic rings. The molecule has 1 aromatic carbocycles. The lowest BCUT2D eigenvalue weighted by molar-refractivity contribution is -0.159. The predicted octanol–water partition coefficient (Wildman–Crippen LogP) is 3.53. The van der Waals surface area contributed by atoms with Crippen molar-refractivity contribution in [1.29, 1.82) is 0 Å². The maximum Gasteiger partial charge on any atom is 0.471 e. The monoisotopic (exact) mass is 518 g/mol. The van der Waals surface area contributed by atoms with Gasteiger partial charge in [0.2, 0.25) is 0 Å². The number of fused-ring (bicyclic) bond motifs is 1. The minimum atomic E-state index is -4.65. The predicted molar refractivity (Wildman–Crippen MR) is 116 cm³/mol. The Hall–Kier alpha value is -2.41. The van der Waals surface area contributed by atoms with Crippen molar-refractivity contribution in [2.75, 3.05) is 30.9 Å². The van der Waals surface area contributed by atoms with Gasteiger partial charge in [-0.1, -0.05) is 0 Å². The van der Waals surface area contributed by atoms with E-state index in [0.717, 1.165) is 51.0 Å². The van der Waals surface area contributed by atoms with E-state index in [9.17, 15) is 26.0 Å². The van der Waals surface area contributed by atoms with Gasteiger partial charge in [0.25, 0.3) is 5.95 Å². The van der Waals surface area contributed by atoms with Crippen LogP contribution in [0.2, 0.25) is 0 Å². The van der Waals surface area contributed by atoms with Crippen molar-refractivity contribution in [1.82, 2.24) is 15.0 Å². The average Bonchev–Trinajstić information content (AvgIpc) is 3.43. The minimum Gasteiger partial charge on any atom is -0.490 e. The van der Waals surface area contributed by atoms with E-state index in [0.29, 0.717) is 19.2 Å². The van der Waals surface area contributed by atoms with Crippen molar-refractivity contribution in [3.63, 3.8) is 0 Å². The smallest absolute Gasteiger partial charge is 0.471 e. The third kappa shape index (κ3) is 5.11. The van der Waals surface area contributed by atoms with Crippen LogP contribution < -0.4 is 9.64 Å². The lowest BCUT2D eigenvalue weighted by atomic mass is 9.85. The number of alkyl halides is 3. The molecule has 1 aromatic heterocycles. The van der Waals surface area contributed by atoms with Crippen LogP contribution in [0, 0.1) is 11.7 Å². The van der Waals surface area contributed by atoms with E-state index >= 15 is 0 Å². The van der Waals surface area contributed by atoms with Crippen LogP contribution in [-0.4, -0.2) is 67.5 Å². The number of benzene rings is 1. The maximum atomic E-state index is 14.2. The van der Waals surface area contributed by atoms with Gasteiger partial charge in [-0.15, -0.1) is 0 Å². The molecular weight excluding hydrogens is 492 g/mol. The standard InChI is InChI=1S/C22H26F4N4O4S/c1-35(31,32)15-6-7-19(16(23)10-15)33-12-13-2-4-14(5-3-13)29-8-9-30(18-11-17(18)29)21-27-20(34-28-21)22(24,25)26/h6-7,10,13-14,17-18H,2-5,8-9,11-12H2,1H3/t13-,14-,17-,18?/m1/s1. The quantitative estimate of drug-likeness (QED) is 0.537. The number of piperazine rings is 1. The summed E-state index contributed by atoms with van der Waals surface area (Å²) in [5, 5.41) is 3.53. The van der Waals surface area contributed by atoms with E-state index in [4.69, 9.17) is 4.74 Å². The van der Waals surface area contributed by atoms with Crippen LogP contribution in [0.4, 0.5) is 23.5 Å². The molecule has 2 saturated carbocycles. The molecule has 13 heteroatoms. The van der Waals surface area contributed by atoms with Crippen molar-refractivity contribution in [3.05, 3.63) is 29.9 Å². The van der Waals surface area contributed by atoms with Gasteiger partial charge in [0.1, 0.15) is 0 Å². The summed E-state index contributed by atoms with van der Waals surface area (Å²) in [5.41, 5.74) is 0. The second-order valence-corrected chi connectivity index (χ2v) is 11.6. The third-order valence-electron chi connectivity index (χ3n) is 7.16. The molecule has 0 bridgehead atoms. The molecule has 35 heavy (non-hydrogen) atoms. The molecule has 2 aliphatic carbocycles. The van der Waals surface area contributed by atoms with Crippen molar-refractivity contribution in [2.24, 2.45) is 5.92 Å². The molecule has 8 nitrogen and oxygen atoms in total. The average molecular weight is 519 g/mol.